The van der Waals surface area contributed by atoms with E-state index < -0.39 is 0 Å². The fraction of sp³-hybridized carbons (Fsp3) is 0.357. The average molecular weight is 242 g/mol. The predicted octanol–water partition coefficient (Wildman–Crippen LogP) is 2.57. The topological polar surface area (TPSA) is 57.9 Å². The highest BCUT2D eigenvalue weighted by Crippen LogP contribution is 2.33. The van der Waals surface area contributed by atoms with E-state index in [1.165, 1.54) is 29.7 Å². The Labute approximate surface area is 107 Å². The Bertz CT molecular complexity index is 553. The highest BCUT2D eigenvalue weighted by molar-refractivity contribution is 5.78. The number of H-pyrrole nitrogens is 1. The molecule has 94 valence electrons. The summed E-state index contributed by atoms with van der Waals surface area (Å²) >= 11 is 0. The van der Waals surface area contributed by atoms with E-state index in [0.29, 0.717) is 5.82 Å². The Morgan fingerprint density at radius 3 is 2.67 bits per heavy atom. The summed E-state index contributed by atoms with van der Waals surface area (Å²) < 4.78 is 0. The number of hydrogen-bond donors (Lipinski definition) is 2. The maximum absolute atomic E-state index is 5.70. The Hall–Kier alpha value is -1.97. The standard InChI is InChI=1S/C14H18N4/c1-10-4-5-13(18-6-2-3-7-18)11(8-10)12-9-14(15)17-16-12/h4-5,8-9H,2-3,6-7H2,1H3,(H3,15,16,17). The number of nitrogen functional groups attached to an aromatic ring is 1. The van der Waals surface area contributed by atoms with Crippen molar-refractivity contribution in [1.82, 2.24) is 10.2 Å². The first-order valence-electron chi connectivity index (χ1n) is 6.41. The fourth-order valence-corrected chi connectivity index (χ4v) is 2.57. The van der Waals surface area contributed by atoms with Crippen LogP contribution < -0.4 is 10.6 Å². The number of aryl methyl sites for hydroxylation is 1. The van der Waals surface area contributed by atoms with E-state index in [-0.39, 0.29) is 0 Å². The van der Waals surface area contributed by atoms with Crippen molar-refractivity contribution in [3.05, 3.63) is 29.8 Å². The minimum absolute atomic E-state index is 0.541. The molecule has 0 amide bonds. The molecule has 3 N–H and O–H groups in total. The maximum atomic E-state index is 5.70. The number of hydrogen-bond acceptors (Lipinski definition) is 3. The minimum Gasteiger partial charge on any atom is -0.382 e. The molecule has 0 saturated carbocycles. The van der Waals surface area contributed by atoms with E-state index in [1.807, 2.05) is 6.07 Å². The van der Waals surface area contributed by atoms with Crippen molar-refractivity contribution in [3.63, 3.8) is 0 Å². The van der Waals surface area contributed by atoms with Crippen LogP contribution >= 0.6 is 0 Å². The minimum atomic E-state index is 0.541. The molecule has 2 aromatic rings. The summed E-state index contributed by atoms with van der Waals surface area (Å²) in [5.74, 6) is 0.541. The Kier molecular flexibility index (Phi) is 2.70. The summed E-state index contributed by atoms with van der Waals surface area (Å²) in [5.41, 5.74) is 10.4. The van der Waals surface area contributed by atoms with Gasteiger partial charge in [0.1, 0.15) is 5.82 Å². The van der Waals surface area contributed by atoms with E-state index in [1.54, 1.807) is 0 Å². The van der Waals surface area contributed by atoms with Gasteiger partial charge in [0.15, 0.2) is 0 Å². The lowest BCUT2D eigenvalue weighted by atomic mass is 10.1. The number of aromatic nitrogens is 2. The van der Waals surface area contributed by atoms with Gasteiger partial charge in [-0.05, 0) is 31.9 Å². The van der Waals surface area contributed by atoms with Gasteiger partial charge >= 0.3 is 0 Å². The lowest BCUT2D eigenvalue weighted by molar-refractivity contribution is 0.949. The average Bonchev–Trinajstić information content (AvgIpc) is 2.99. The van der Waals surface area contributed by atoms with Crippen LogP contribution in [0.4, 0.5) is 11.5 Å². The van der Waals surface area contributed by atoms with Gasteiger partial charge < -0.3 is 10.6 Å². The molecule has 1 aliphatic rings. The summed E-state index contributed by atoms with van der Waals surface area (Å²) in [5, 5.41) is 7.04. The number of rotatable bonds is 2. The second kappa shape index (κ2) is 4.37. The van der Waals surface area contributed by atoms with Gasteiger partial charge in [-0.2, -0.15) is 5.10 Å². The van der Waals surface area contributed by atoms with E-state index in [2.05, 4.69) is 40.2 Å². The SMILES string of the molecule is Cc1ccc(N2CCCC2)c(-c2cc(N)n[nH]2)c1. The molecule has 0 spiro atoms. The van der Waals surface area contributed by atoms with Crippen molar-refractivity contribution >= 4 is 11.5 Å². The van der Waals surface area contributed by atoms with Crippen LogP contribution in [0.2, 0.25) is 0 Å². The zero-order valence-electron chi connectivity index (χ0n) is 10.6. The molecule has 1 fully saturated rings. The van der Waals surface area contributed by atoms with Crippen LogP contribution in [0.15, 0.2) is 24.3 Å². The van der Waals surface area contributed by atoms with Gasteiger partial charge in [-0.15, -0.1) is 0 Å². The van der Waals surface area contributed by atoms with E-state index in [4.69, 9.17) is 5.73 Å². The second-order valence-electron chi connectivity index (χ2n) is 4.92. The van der Waals surface area contributed by atoms with Crippen molar-refractivity contribution in [2.75, 3.05) is 23.7 Å². The quantitative estimate of drug-likeness (QED) is 0.851. The maximum Gasteiger partial charge on any atom is 0.145 e. The molecule has 3 rings (SSSR count). The van der Waals surface area contributed by atoms with Crippen LogP contribution in [-0.4, -0.2) is 23.3 Å². The van der Waals surface area contributed by atoms with Gasteiger partial charge in [0.25, 0.3) is 0 Å². The van der Waals surface area contributed by atoms with Gasteiger partial charge in [0, 0.05) is 30.4 Å². The van der Waals surface area contributed by atoms with Crippen molar-refractivity contribution in [2.45, 2.75) is 19.8 Å². The molecular weight excluding hydrogens is 224 g/mol. The van der Waals surface area contributed by atoms with Crippen molar-refractivity contribution in [3.8, 4) is 11.3 Å². The summed E-state index contributed by atoms with van der Waals surface area (Å²) in [4.78, 5) is 2.44. The molecule has 1 saturated heterocycles. The van der Waals surface area contributed by atoms with E-state index in [9.17, 15) is 0 Å². The molecule has 18 heavy (non-hydrogen) atoms. The smallest absolute Gasteiger partial charge is 0.145 e. The number of nitrogens with zero attached hydrogens (tertiary/aromatic N) is 2. The Morgan fingerprint density at radius 1 is 1.22 bits per heavy atom. The third-order valence-electron chi connectivity index (χ3n) is 3.49. The first-order valence-corrected chi connectivity index (χ1v) is 6.41. The predicted molar refractivity (Wildman–Crippen MR) is 74.6 cm³/mol. The molecule has 4 nitrogen and oxygen atoms in total. The van der Waals surface area contributed by atoms with Crippen LogP contribution in [0, 0.1) is 6.92 Å². The van der Waals surface area contributed by atoms with Gasteiger partial charge in [-0.3, -0.25) is 5.10 Å². The van der Waals surface area contributed by atoms with E-state index in [0.717, 1.165) is 18.8 Å². The zero-order valence-corrected chi connectivity index (χ0v) is 10.6. The molecular formula is C14H18N4. The van der Waals surface area contributed by atoms with E-state index >= 15 is 0 Å². The number of anilines is 2. The largest absolute Gasteiger partial charge is 0.382 e. The molecule has 1 aliphatic heterocycles. The fourth-order valence-electron chi connectivity index (χ4n) is 2.57. The summed E-state index contributed by atoms with van der Waals surface area (Å²) in [6.07, 6.45) is 2.55. The lowest BCUT2D eigenvalue weighted by Crippen LogP contribution is -2.18. The zero-order chi connectivity index (χ0) is 12.5. The van der Waals surface area contributed by atoms with Crippen LogP contribution in [0.3, 0.4) is 0 Å². The van der Waals surface area contributed by atoms with Crippen molar-refractivity contribution < 1.29 is 0 Å². The molecule has 1 aromatic carbocycles. The summed E-state index contributed by atoms with van der Waals surface area (Å²) in [6.45, 7) is 4.39. The monoisotopic (exact) mass is 242 g/mol. The molecule has 4 heteroatoms. The number of nitrogens with one attached hydrogen (secondary N) is 1. The Balaban J connectivity index is 2.08. The number of nitrogens with two attached hydrogens (primary N) is 1. The van der Waals surface area contributed by atoms with Gasteiger partial charge in [-0.1, -0.05) is 11.6 Å². The van der Waals surface area contributed by atoms with Gasteiger partial charge in [0.2, 0.25) is 0 Å². The molecule has 0 atom stereocenters. The molecule has 0 radical (unpaired) electrons. The number of aromatic amines is 1. The molecule has 0 aliphatic carbocycles. The van der Waals surface area contributed by atoms with Gasteiger partial charge in [0.05, 0.1) is 5.69 Å². The van der Waals surface area contributed by atoms with Crippen LogP contribution in [0.5, 0.6) is 0 Å². The molecule has 0 bridgehead atoms. The first kappa shape index (κ1) is 11.1. The van der Waals surface area contributed by atoms with Crippen LogP contribution in [-0.2, 0) is 0 Å². The lowest BCUT2D eigenvalue weighted by Gasteiger charge is -2.21. The van der Waals surface area contributed by atoms with Crippen molar-refractivity contribution in [1.29, 1.82) is 0 Å². The van der Waals surface area contributed by atoms with Crippen molar-refractivity contribution in [2.24, 2.45) is 0 Å². The third-order valence-corrected chi connectivity index (χ3v) is 3.49. The third kappa shape index (κ3) is 1.94. The Morgan fingerprint density at radius 2 is 2.00 bits per heavy atom. The summed E-state index contributed by atoms with van der Waals surface area (Å²) in [6, 6.07) is 8.46. The molecule has 2 heterocycles. The van der Waals surface area contributed by atoms with Crippen LogP contribution in [0.25, 0.3) is 11.3 Å². The highest BCUT2D eigenvalue weighted by Gasteiger charge is 2.17. The molecule has 1 aromatic heterocycles. The normalized spacial score (nSPS) is 15.3. The molecule has 0 unspecified atom stereocenters. The number of benzene rings is 1. The second-order valence-corrected chi connectivity index (χ2v) is 4.92. The summed E-state index contributed by atoms with van der Waals surface area (Å²) in [7, 11) is 0. The van der Waals surface area contributed by atoms with Gasteiger partial charge in [-0.25, -0.2) is 0 Å². The highest BCUT2D eigenvalue weighted by atomic mass is 15.2. The first-order chi connectivity index (χ1) is 8.74. The van der Waals surface area contributed by atoms with Crippen LogP contribution in [0.1, 0.15) is 18.4 Å².